The lowest BCUT2D eigenvalue weighted by atomic mass is 10.1. The summed E-state index contributed by atoms with van der Waals surface area (Å²) in [5.74, 6) is -1.57. The van der Waals surface area contributed by atoms with E-state index in [2.05, 4.69) is 5.10 Å². The second-order valence-corrected chi connectivity index (χ2v) is 4.06. The Morgan fingerprint density at radius 2 is 2.26 bits per heavy atom. The molecule has 1 aromatic carbocycles. The van der Waals surface area contributed by atoms with Crippen molar-refractivity contribution >= 4 is 5.97 Å². The Labute approximate surface area is 109 Å². The van der Waals surface area contributed by atoms with Gasteiger partial charge in [-0.2, -0.15) is 5.10 Å². The maximum atomic E-state index is 14.3. The number of carbonyl (C=O) groups is 1. The van der Waals surface area contributed by atoms with Gasteiger partial charge in [-0.25, -0.2) is 9.18 Å². The van der Waals surface area contributed by atoms with Gasteiger partial charge in [0.05, 0.1) is 12.3 Å². The van der Waals surface area contributed by atoms with Crippen LogP contribution in [0.2, 0.25) is 0 Å². The summed E-state index contributed by atoms with van der Waals surface area (Å²) in [6.45, 7) is 0.156. The molecule has 1 aromatic heterocycles. The number of benzene rings is 1. The van der Waals surface area contributed by atoms with Crippen LogP contribution in [0.3, 0.4) is 0 Å². The first-order valence-corrected chi connectivity index (χ1v) is 5.58. The number of hydrogen-bond donors (Lipinski definition) is 1. The van der Waals surface area contributed by atoms with Gasteiger partial charge in [-0.1, -0.05) is 12.1 Å². The molecule has 0 saturated heterocycles. The van der Waals surface area contributed by atoms with E-state index >= 15 is 0 Å². The number of rotatable bonds is 4. The summed E-state index contributed by atoms with van der Waals surface area (Å²) in [7, 11) is 3.06. The van der Waals surface area contributed by atoms with Crippen molar-refractivity contribution in [3.8, 4) is 11.3 Å². The Balaban J connectivity index is 2.53. The minimum Gasteiger partial charge on any atom is -0.476 e. The van der Waals surface area contributed by atoms with E-state index in [0.717, 1.165) is 0 Å². The lowest BCUT2D eigenvalue weighted by Crippen LogP contribution is -2.00. The predicted molar refractivity (Wildman–Crippen MR) is 66.3 cm³/mol. The van der Waals surface area contributed by atoms with Crippen LogP contribution >= 0.6 is 0 Å². The van der Waals surface area contributed by atoms with Gasteiger partial charge in [0, 0.05) is 25.3 Å². The normalized spacial score (nSPS) is 10.7. The average molecular weight is 264 g/mol. The number of halogens is 1. The van der Waals surface area contributed by atoms with Crippen LogP contribution in [0.1, 0.15) is 16.1 Å². The minimum absolute atomic E-state index is 0.117. The molecule has 0 aliphatic carbocycles. The molecule has 0 spiro atoms. The number of aryl methyl sites for hydroxylation is 1. The number of ether oxygens (including phenoxy) is 1. The smallest absolute Gasteiger partial charge is 0.356 e. The molecule has 2 aromatic rings. The zero-order valence-corrected chi connectivity index (χ0v) is 10.6. The van der Waals surface area contributed by atoms with Gasteiger partial charge in [-0.05, 0) is 12.1 Å². The molecule has 2 rings (SSSR count). The number of aromatic carboxylic acids is 1. The molecule has 0 bridgehead atoms. The SMILES string of the molecule is COCc1cccc(-c2cc(C(=O)O)nn2C)c1F. The summed E-state index contributed by atoms with van der Waals surface area (Å²) in [5.41, 5.74) is 1.01. The van der Waals surface area contributed by atoms with Crippen LogP contribution in [-0.4, -0.2) is 28.0 Å². The van der Waals surface area contributed by atoms with Crippen LogP contribution in [0.4, 0.5) is 4.39 Å². The molecule has 1 N–H and O–H groups in total. The van der Waals surface area contributed by atoms with Crippen molar-refractivity contribution < 1.29 is 19.0 Å². The molecule has 19 heavy (non-hydrogen) atoms. The van der Waals surface area contributed by atoms with Crippen molar-refractivity contribution in [1.82, 2.24) is 9.78 Å². The fraction of sp³-hybridized carbons (Fsp3) is 0.231. The average Bonchev–Trinajstić information content (AvgIpc) is 2.75. The number of carboxylic acid groups (broad SMARTS) is 1. The number of carboxylic acids is 1. The number of nitrogens with zero attached hydrogens (tertiary/aromatic N) is 2. The molecule has 6 heteroatoms. The third kappa shape index (κ3) is 2.48. The van der Waals surface area contributed by atoms with Crippen LogP contribution in [0.15, 0.2) is 24.3 Å². The third-order valence-electron chi connectivity index (χ3n) is 2.75. The highest BCUT2D eigenvalue weighted by atomic mass is 19.1. The lowest BCUT2D eigenvalue weighted by molar-refractivity contribution is 0.0689. The predicted octanol–water partition coefficient (Wildman–Crippen LogP) is 2.07. The fourth-order valence-corrected chi connectivity index (χ4v) is 1.87. The molecule has 0 saturated carbocycles. The van der Waals surface area contributed by atoms with Crippen LogP contribution in [-0.2, 0) is 18.4 Å². The van der Waals surface area contributed by atoms with Crippen molar-refractivity contribution in [3.63, 3.8) is 0 Å². The van der Waals surface area contributed by atoms with Gasteiger partial charge in [0.2, 0.25) is 0 Å². The minimum atomic E-state index is -1.14. The summed E-state index contributed by atoms with van der Waals surface area (Å²) in [5, 5.41) is 12.7. The molecule has 0 atom stereocenters. The molecule has 0 fully saturated rings. The molecule has 0 unspecified atom stereocenters. The first kappa shape index (κ1) is 13.2. The molecule has 100 valence electrons. The van der Waals surface area contributed by atoms with Gasteiger partial charge >= 0.3 is 5.97 Å². The molecule has 0 aliphatic heterocycles. The molecule has 5 nitrogen and oxygen atoms in total. The first-order valence-electron chi connectivity index (χ1n) is 5.58. The number of methoxy groups -OCH3 is 1. The van der Waals surface area contributed by atoms with E-state index in [1.54, 1.807) is 25.2 Å². The molecule has 0 amide bonds. The maximum absolute atomic E-state index is 14.3. The van der Waals surface area contributed by atoms with Gasteiger partial charge in [0.25, 0.3) is 0 Å². The van der Waals surface area contributed by atoms with E-state index in [0.29, 0.717) is 16.8 Å². The molecule has 0 aliphatic rings. The van der Waals surface area contributed by atoms with E-state index in [9.17, 15) is 9.18 Å². The Morgan fingerprint density at radius 3 is 2.84 bits per heavy atom. The van der Waals surface area contributed by atoms with E-state index in [1.165, 1.54) is 17.9 Å². The molecular weight excluding hydrogens is 251 g/mol. The van der Waals surface area contributed by atoms with Crippen molar-refractivity contribution in [2.24, 2.45) is 7.05 Å². The Hall–Kier alpha value is -2.21. The Kier molecular flexibility index (Phi) is 3.62. The molecule has 0 radical (unpaired) electrons. The largest absolute Gasteiger partial charge is 0.476 e. The first-order chi connectivity index (χ1) is 9.04. The standard InChI is InChI=1S/C13H13FN2O3/c1-16-11(6-10(15-16)13(17)18)9-5-3-4-8(7-19-2)12(9)14/h3-6H,7H2,1-2H3,(H,17,18). The summed E-state index contributed by atoms with van der Waals surface area (Å²) < 4.78 is 20.5. The van der Waals surface area contributed by atoms with E-state index in [4.69, 9.17) is 9.84 Å². The zero-order valence-electron chi connectivity index (χ0n) is 10.6. The van der Waals surface area contributed by atoms with Crippen LogP contribution in [0, 0.1) is 5.82 Å². The summed E-state index contributed by atoms with van der Waals surface area (Å²) in [6, 6.07) is 6.24. The molecule has 1 heterocycles. The van der Waals surface area contributed by atoms with Gasteiger partial charge in [0.1, 0.15) is 5.82 Å². The highest BCUT2D eigenvalue weighted by Crippen LogP contribution is 2.25. The Bertz CT molecular complexity index is 622. The van der Waals surface area contributed by atoms with E-state index in [1.807, 2.05) is 0 Å². The second kappa shape index (κ2) is 5.19. The van der Waals surface area contributed by atoms with Crippen molar-refractivity contribution in [1.29, 1.82) is 0 Å². The van der Waals surface area contributed by atoms with Gasteiger partial charge in [0.15, 0.2) is 5.69 Å². The maximum Gasteiger partial charge on any atom is 0.356 e. The summed E-state index contributed by atoms with van der Waals surface area (Å²) in [4.78, 5) is 10.9. The Morgan fingerprint density at radius 1 is 1.53 bits per heavy atom. The van der Waals surface area contributed by atoms with Gasteiger partial charge in [-0.15, -0.1) is 0 Å². The van der Waals surface area contributed by atoms with E-state index in [-0.39, 0.29) is 12.3 Å². The topological polar surface area (TPSA) is 64.3 Å². The second-order valence-electron chi connectivity index (χ2n) is 4.06. The van der Waals surface area contributed by atoms with Gasteiger partial charge in [-0.3, -0.25) is 4.68 Å². The lowest BCUT2D eigenvalue weighted by Gasteiger charge is -2.07. The number of hydrogen-bond acceptors (Lipinski definition) is 3. The van der Waals surface area contributed by atoms with E-state index < -0.39 is 11.8 Å². The quantitative estimate of drug-likeness (QED) is 0.918. The van der Waals surface area contributed by atoms with Crippen molar-refractivity contribution in [3.05, 3.63) is 41.3 Å². The number of aromatic nitrogens is 2. The van der Waals surface area contributed by atoms with Gasteiger partial charge < -0.3 is 9.84 Å². The zero-order chi connectivity index (χ0) is 14.0. The van der Waals surface area contributed by atoms with Crippen LogP contribution < -0.4 is 0 Å². The van der Waals surface area contributed by atoms with Crippen LogP contribution in [0.25, 0.3) is 11.3 Å². The molecular formula is C13H13FN2O3. The third-order valence-corrected chi connectivity index (χ3v) is 2.75. The highest BCUT2D eigenvalue weighted by molar-refractivity contribution is 5.87. The van der Waals surface area contributed by atoms with Crippen molar-refractivity contribution in [2.45, 2.75) is 6.61 Å². The van der Waals surface area contributed by atoms with Crippen LogP contribution in [0.5, 0.6) is 0 Å². The summed E-state index contributed by atoms with van der Waals surface area (Å²) in [6.07, 6.45) is 0. The fourth-order valence-electron chi connectivity index (χ4n) is 1.87. The monoisotopic (exact) mass is 264 g/mol. The summed E-state index contributed by atoms with van der Waals surface area (Å²) >= 11 is 0. The highest BCUT2D eigenvalue weighted by Gasteiger charge is 2.16. The van der Waals surface area contributed by atoms with Crippen molar-refractivity contribution in [2.75, 3.05) is 7.11 Å².